The van der Waals surface area contributed by atoms with Gasteiger partial charge in [-0.3, -0.25) is 19.5 Å². The maximum absolute atomic E-state index is 12.9. The second-order valence-electron chi connectivity index (χ2n) is 6.13. The van der Waals surface area contributed by atoms with Crippen LogP contribution in [0.4, 0.5) is 5.69 Å². The smallest absolute Gasteiger partial charge is 0.269 e. The van der Waals surface area contributed by atoms with E-state index < -0.39 is 4.92 Å². The molecule has 0 radical (unpaired) electrons. The lowest BCUT2D eigenvalue weighted by molar-refractivity contribution is -0.384. The molecule has 0 amide bonds. The molecule has 3 aromatic rings. The van der Waals surface area contributed by atoms with Crippen molar-refractivity contribution in [3.63, 3.8) is 0 Å². The molecule has 0 saturated carbocycles. The minimum atomic E-state index is -0.419. The van der Waals surface area contributed by atoms with E-state index in [1.54, 1.807) is 22.8 Å². The average molecular weight is 399 g/mol. The third kappa shape index (κ3) is 4.76. The summed E-state index contributed by atoms with van der Waals surface area (Å²) in [6, 6.07) is 13.7. The summed E-state index contributed by atoms with van der Waals surface area (Å²) >= 11 is 1.45. The number of non-ortho nitro benzene ring substituents is 1. The van der Waals surface area contributed by atoms with E-state index in [-0.39, 0.29) is 11.2 Å². The van der Waals surface area contributed by atoms with Crippen LogP contribution in [0.25, 0.3) is 10.9 Å². The molecule has 0 aliphatic heterocycles. The molecular weight excluding hydrogens is 378 g/mol. The van der Waals surface area contributed by atoms with E-state index in [0.717, 1.165) is 12.0 Å². The maximum Gasteiger partial charge on any atom is 0.269 e. The first-order chi connectivity index (χ1) is 13.6. The van der Waals surface area contributed by atoms with E-state index in [2.05, 4.69) is 4.98 Å². The predicted octanol–water partition coefficient (Wildman–Crippen LogP) is 4.02. The van der Waals surface area contributed by atoms with Crippen LogP contribution in [0.3, 0.4) is 0 Å². The van der Waals surface area contributed by atoms with Crippen molar-refractivity contribution in [2.24, 2.45) is 0 Å². The first-order valence-corrected chi connectivity index (χ1v) is 10.0. The molecule has 8 heteroatoms. The van der Waals surface area contributed by atoms with Crippen LogP contribution in [-0.4, -0.2) is 27.7 Å². The van der Waals surface area contributed by atoms with Gasteiger partial charge in [0.1, 0.15) is 0 Å². The Bertz CT molecular complexity index is 1020. The molecule has 146 valence electrons. The Kier molecular flexibility index (Phi) is 6.78. The zero-order chi connectivity index (χ0) is 19.9. The van der Waals surface area contributed by atoms with E-state index in [1.807, 2.05) is 25.1 Å². The summed E-state index contributed by atoms with van der Waals surface area (Å²) in [5.74, 6) is 0.564. The predicted molar refractivity (Wildman–Crippen MR) is 110 cm³/mol. The number of hydrogen-bond acceptors (Lipinski definition) is 6. The molecule has 7 nitrogen and oxygen atoms in total. The number of para-hydroxylation sites is 1. The minimum absolute atomic E-state index is 0.0606. The number of hydrogen-bond donors (Lipinski definition) is 0. The number of nitro groups is 1. The van der Waals surface area contributed by atoms with Crippen molar-refractivity contribution in [2.75, 3.05) is 13.2 Å². The largest absolute Gasteiger partial charge is 0.382 e. The van der Waals surface area contributed by atoms with Gasteiger partial charge in [0.15, 0.2) is 5.16 Å². The molecule has 1 heterocycles. The van der Waals surface area contributed by atoms with Gasteiger partial charge in [0.25, 0.3) is 11.2 Å². The van der Waals surface area contributed by atoms with Crippen molar-refractivity contribution >= 4 is 28.4 Å². The van der Waals surface area contributed by atoms with Crippen molar-refractivity contribution in [3.05, 3.63) is 74.6 Å². The molecule has 0 N–H and O–H groups in total. The molecule has 0 unspecified atom stereocenters. The molecule has 2 aromatic carbocycles. The van der Waals surface area contributed by atoms with Crippen molar-refractivity contribution < 1.29 is 9.66 Å². The van der Waals surface area contributed by atoms with Gasteiger partial charge in [-0.2, -0.15) is 0 Å². The third-order valence-electron chi connectivity index (χ3n) is 4.22. The zero-order valence-electron chi connectivity index (χ0n) is 15.5. The molecular formula is C20H21N3O4S. The third-order valence-corrected chi connectivity index (χ3v) is 5.26. The van der Waals surface area contributed by atoms with Gasteiger partial charge in [-0.1, -0.05) is 36.0 Å². The molecule has 0 atom stereocenters. The normalized spacial score (nSPS) is 11.0. The lowest BCUT2D eigenvalue weighted by atomic mass is 10.2. The summed E-state index contributed by atoms with van der Waals surface area (Å²) < 4.78 is 7.08. The number of nitro benzene ring substituents is 1. The summed E-state index contributed by atoms with van der Waals surface area (Å²) in [6.45, 7) is 3.70. The van der Waals surface area contributed by atoms with Crippen LogP contribution in [0.2, 0.25) is 0 Å². The van der Waals surface area contributed by atoms with E-state index in [9.17, 15) is 14.9 Å². The van der Waals surface area contributed by atoms with Crippen LogP contribution in [0.1, 0.15) is 18.9 Å². The fraction of sp³-hybridized carbons (Fsp3) is 0.300. The fourth-order valence-electron chi connectivity index (χ4n) is 2.79. The average Bonchev–Trinajstić information content (AvgIpc) is 2.71. The minimum Gasteiger partial charge on any atom is -0.382 e. The van der Waals surface area contributed by atoms with E-state index in [4.69, 9.17) is 4.74 Å². The number of thioether (sulfide) groups is 1. The molecule has 28 heavy (non-hydrogen) atoms. The van der Waals surface area contributed by atoms with Gasteiger partial charge in [-0.15, -0.1) is 0 Å². The highest BCUT2D eigenvalue weighted by molar-refractivity contribution is 7.98. The highest BCUT2D eigenvalue weighted by Gasteiger charge is 2.12. The highest BCUT2D eigenvalue weighted by atomic mass is 32.2. The van der Waals surface area contributed by atoms with Gasteiger partial charge < -0.3 is 4.74 Å². The molecule has 0 spiro atoms. The zero-order valence-corrected chi connectivity index (χ0v) is 16.4. The van der Waals surface area contributed by atoms with Gasteiger partial charge in [0.05, 0.1) is 15.8 Å². The first kappa shape index (κ1) is 20.0. The Labute approximate surface area is 166 Å². The van der Waals surface area contributed by atoms with E-state index >= 15 is 0 Å². The summed E-state index contributed by atoms with van der Waals surface area (Å²) in [4.78, 5) is 28.0. The monoisotopic (exact) mass is 399 g/mol. The fourth-order valence-corrected chi connectivity index (χ4v) is 3.77. The van der Waals surface area contributed by atoms with Gasteiger partial charge in [0.2, 0.25) is 0 Å². The lowest BCUT2D eigenvalue weighted by Gasteiger charge is -2.13. The SMILES string of the molecule is CCOCCCn1c(SCc2ccc([N+](=O)[O-])cc2)nc2ccccc2c1=O. The van der Waals surface area contributed by atoms with Gasteiger partial charge in [-0.05, 0) is 31.0 Å². The highest BCUT2D eigenvalue weighted by Crippen LogP contribution is 2.23. The van der Waals surface area contributed by atoms with Crippen molar-refractivity contribution in [1.82, 2.24) is 9.55 Å². The molecule has 0 aliphatic rings. The van der Waals surface area contributed by atoms with Crippen LogP contribution in [0, 0.1) is 10.1 Å². The number of nitrogens with zero attached hydrogens (tertiary/aromatic N) is 3. The molecule has 3 rings (SSSR count). The second kappa shape index (κ2) is 9.48. The van der Waals surface area contributed by atoms with Crippen LogP contribution in [0.15, 0.2) is 58.5 Å². The molecule has 0 aliphatic carbocycles. The Morgan fingerprint density at radius 2 is 1.93 bits per heavy atom. The molecule has 0 bridgehead atoms. The summed E-state index contributed by atoms with van der Waals surface area (Å²) in [5, 5.41) is 12.0. The van der Waals surface area contributed by atoms with Crippen LogP contribution >= 0.6 is 11.8 Å². The van der Waals surface area contributed by atoms with Gasteiger partial charge in [0, 0.05) is 37.6 Å². The lowest BCUT2D eigenvalue weighted by Crippen LogP contribution is -2.24. The van der Waals surface area contributed by atoms with Gasteiger partial charge in [-0.25, -0.2) is 4.98 Å². The van der Waals surface area contributed by atoms with E-state index in [0.29, 0.717) is 41.6 Å². The van der Waals surface area contributed by atoms with Crippen LogP contribution in [-0.2, 0) is 17.0 Å². The molecule has 0 saturated heterocycles. The summed E-state index contributed by atoms with van der Waals surface area (Å²) in [5.41, 5.74) is 1.59. The van der Waals surface area contributed by atoms with E-state index in [1.165, 1.54) is 23.9 Å². The van der Waals surface area contributed by atoms with Crippen molar-refractivity contribution in [2.45, 2.75) is 30.8 Å². The Balaban J connectivity index is 1.85. The standard InChI is InChI=1S/C20H21N3O4S/c1-2-27-13-5-12-22-19(24)17-6-3-4-7-18(17)21-20(22)28-14-15-8-10-16(11-9-15)23(25)26/h3-4,6-11H,2,5,12-14H2,1H3. The quantitative estimate of drug-likeness (QED) is 0.178. The number of rotatable bonds is 9. The van der Waals surface area contributed by atoms with Crippen molar-refractivity contribution in [1.29, 1.82) is 0 Å². The first-order valence-electron chi connectivity index (χ1n) is 9.03. The maximum atomic E-state index is 12.9. The number of aromatic nitrogens is 2. The van der Waals surface area contributed by atoms with Crippen LogP contribution in [0.5, 0.6) is 0 Å². The Hall–Kier alpha value is -2.71. The summed E-state index contributed by atoms with van der Waals surface area (Å²) in [7, 11) is 0. The number of ether oxygens (including phenoxy) is 1. The number of benzene rings is 2. The summed E-state index contributed by atoms with van der Waals surface area (Å²) in [6.07, 6.45) is 0.721. The van der Waals surface area contributed by atoms with Crippen molar-refractivity contribution in [3.8, 4) is 0 Å². The van der Waals surface area contributed by atoms with Gasteiger partial charge >= 0.3 is 0 Å². The molecule has 0 fully saturated rings. The second-order valence-corrected chi connectivity index (χ2v) is 7.07. The number of fused-ring (bicyclic) bond motifs is 1. The van der Waals surface area contributed by atoms with Crippen LogP contribution < -0.4 is 5.56 Å². The Morgan fingerprint density at radius 3 is 2.64 bits per heavy atom. The molecule has 1 aromatic heterocycles. The Morgan fingerprint density at radius 1 is 1.18 bits per heavy atom. The topological polar surface area (TPSA) is 87.3 Å².